The molecular formula is C30H28F7N3O8. The van der Waals surface area contributed by atoms with Crippen LogP contribution >= 0.6 is 0 Å². The number of alkyl halides is 6. The van der Waals surface area contributed by atoms with E-state index in [0.717, 1.165) is 24.4 Å². The molecule has 1 aliphatic heterocycles. The lowest BCUT2D eigenvalue weighted by Gasteiger charge is -2.26. The highest BCUT2D eigenvalue weighted by molar-refractivity contribution is 6.00. The highest BCUT2D eigenvalue weighted by Crippen LogP contribution is 2.40. The zero-order valence-corrected chi connectivity index (χ0v) is 24.7. The number of carboxylic acid groups (broad SMARTS) is 2. The van der Waals surface area contributed by atoms with E-state index in [1.165, 1.54) is 41.3 Å². The van der Waals surface area contributed by atoms with Crippen molar-refractivity contribution < 1.29 is 70.3 Å². The van der Waals surface area contributed by atoms with E-state index >= 15 is 0 Å². The van der Waals surface area contributed by atoms with Crippen molar-refractivity contribution in [3.05, 3.63) is 89.5 Å². The number of aliphatic carboxylic acids is 2. The Morgan fingerprint density at radius 3 is 2.06 bits per heavy atom. The van der Waals surface area contributed by atoms with E-state index in [0.29, 0.717) is 29.8 Å². The fourth-order valence-corrected chi connectivity index (χ4v) is 4.69. The number of ether oxygens (including phenoxy) is 1. The summed E-state index contributed by atoms with van der Waals surface area (Å²) in [4.78, 5) is 39.7. The Labute approximate surface area is 267 Å². The molecular weight excluding hydrogens is 663 g/mol. The molecule has 11 nitrogen and oxygen atoms in total. The summed E-state index contributed by atoms with van der Waals surface area (Å²) >= 11 is 0. The molecule has 260 valence electrons. The number of rotatable bonds is 10. The molecule has 2 heterocycles. The molecule has 0 bridgehead atoms. The first kappa shape index (κ1) is 37.6. The average molecular weight is 692 g/mol. The number of hydrogen-bond donors (Lipinski definition) is 4. The van der Waals surface area contributed by atoms with Crippen LogP contribution < -0.4 is 9.64 Å². The number of carbonyl (C=O) groups excluding carboxylic acids is 1. The maximum absolute atomic E-state index is 14.0. The van der Waals surface area contributed by atoms with E-state index in [2.05, 4.69) is 9.72 Å². The van der Waals surface area contributed by atoms with E-state index in [1.807, 2.05) is 0 Å². The van der Waals surface area contributed by atoms with Gasteiger partial charge in [-0.3, -0.25) is 14.7 Å². The van der Waals surface area contributed by atoms with Crippen LogP contribution in [0, 0.1) is 5.82 Å². The maximum atomic E-state index is 14.0. The Hall–Kier alpha value is -4.81. The molecule has 4 atom stereocenters. The monoisotopic (exact) mass is 691 g/mol. The van der Waals surface area contributed by atoms with Gasteiger partial charge in [-0.15, -0.1) is 13.2 Å². The number of amides is 1. The lowest BCUT2D eigenvalue weighted by Crippen LogP contribution is -2.40. The summed E-state index contributed by atoms with van der Waals surface area (Å²) in [5, 5.41) is 32.5. The summed E-state index contributed by atoms with van der Waals surface area (Å²) in [5.41, 5.74) is 0.369. The number of hydrogen-bond acceptors (Lipinski definition) is 8. The number of nitrogens with zero attached hydrogens (tertiary/aromatic N) is 3. The van der Waals surface area contributed by atoms with Crippen LogP contribution in [0.1, 0.15) is 29.3 Å². The summed E-state index contributed by atoms with van der Waals surface area (Å²) in [7, 11) is 1.69. The van der Waals surface area contributed by atoms with Crippen LogP contribution in [0.15, 0.2) is 66.9 Å². The molecule has 0 spiro atoms. The molecule has 0 saturated carbocycles. The van der Waals surface area contributed by atoms with Gasteiger partial charge < -0.3 is 30.1 Å². The summed E-state index contributed by atoms with van der Waals surface area (Å²) < 4.78 is 93.9. The molecule has 0 aliphatic carbocycles. The molecule has 4 unspecified atom stereocenters. The number of carboxylic acids is 2. The first-order chi connectivity index (χ1) is 22.3. The van der Waals surface area contributed by atoms with E-state index in [-0.39, 0.29) is 12.3 Å². The Morgan fingerprint density at radius 2 is 1.58 bits per heavy atom. The molecule has 0 radical (unpaired) electrons. The molecule has 1 saturated heterocycles. The minimum Gasteiger partial charge on any atom is -0.479 e. The molecule has 18 heteroatoms. The molecule has 1 fully saturated rings. The molecule has 48 heavy (non-hydrogen) atoms. The van der Waals surface area contributed by atoms with Crippen LogP contribution in [0.5, 0.6) is 5.75 Å². The normalized spacial score (nSPS) is 17.8. The molecule has 3 aromatic rings. The first-order valence-electron chi connectivity index (χ1n) is 13.8. The lowest BCUT2D eigenvalue weighted by atomic mass is 10.0. The summed E-state index contributed by atoms with van der Waals surface area (Å²) in [6, 6.07) is 11.5. The number of pyridine rings is 1. The van der Waals surface area contributed by atoms with Crippen LogP contribution in [0.25, 0.3) is 0 Å². The van der Waals surface area contributed by atoms with Crippen LogP contribution in [-0.2, 0) is 27.0 Å². The SMILES string of the molecule is CN(CCc1ccc(C(F)(F)F)nc1)C1CC(c2cccc(F)c2)N(c2ccc(OC(F)(F)F)cc2)C1=O.O=C(O)C(O)C(O)C(=O)O. The largest absolute Gasteiger partial charge is 0.573 e. The third-order valence-electron chi connectivity index (χ3n) is 7.07. The Morgan fingerprint density at radius 1 is 0.979 bits per heavy atom. The predicted molar refractivity (Wildman–Crippen MR) is 151 cm³/mol. The van der Waals surface area contributed by atoms with Crippen molar-refractivity contribution in [2.75, 3.05) is 18.5 Å². The van der Waals surface area contributed by atoms with Gasteiger partial charge in [-0.2, -0.15) is 13.2 Å². The van der Waals surface area contributed by atoms with Crippen LogP contribution in [0.4, 0.5) is 36.4 Å². The molecule has 4 N–H and O–H groups in total. The highest BCUT2D eigenvalue weighted by Gasteiger charge is 2.43. The second-order valence-corrected chi connectivity index (χ2v) is 10.4. The highest BCUT2D eigenvalue weighted by atomic mass is 19.4. The number of halogens is 7. The van der Waals surface area contributed by atoms with Crippen molar-refractivity contribution in [1.82, 2.24) is 9.88 Å². The number of carbonyl (C=O) groups is 3. The van der Waals surface area contributed by atoms with Gasteiger partial charge in [0.05, 0.1) is 12.1 Å². The minimum atomic E-state index is -4.87. The number of benzene rings is 2. The van der Waals surface area contributed by atoms with Gasteiger partial charge in [0.2, 0.25) is 5.91 Å². The Kier molecular flexibility index (Phi) is 12.1. The first-order valence-corrected chi connectivity index (χ1v) is 13.8. The van der Waals surface area contributed by atoms with Crippen LogP contribution in [0.2, 0.25) is 0 Å². The zero-order valence-electron chi connectivity index (χ0n) is 24.7. The third kappa shape index (κ3) is 10.1. The van der Waals surface area contributed by atoms with Crippen LogP contribution in [0.3, 0.4) is 0 Å². The molecule has 1 aliphatic rings. The van der Waals surface area contributed by atoms with Crippen molar-refractivity contribution in [2.45, 2.75) is 49.7 Å². The molecule has 1 aromatic heterocycles. The summed E-state index contributed by atoms with van der Waals surface area (Å²) in [5.74, 6) is -4.84. The van der Waals surface area contributed by atoms with Gasteiger partial charge in [0.15, 0.2) is 12.2 Å². The van der Waals surface area contributed by atoms with Crippen molar-refractivity contribution in [3.8, 4) is 5.75 Å². The molecule has 2 aromatic carbocycles. The van der Waals surface area contributed by atoms with E-state index in [4.69, 9.17) is 20.4 Å². The van der Waals surface area contributed by atoms with Gasteiger partial charge in [0.1, 0.15) is 17.3 Å². The number of aliphatic hydroxyl groups is 2. The van der Waals surface area contributed by atoms with Gasteiger partial charge in [-0.1, -0.05) is 18.2 Å². The van der Waals surface area contributed by atoms with Gasteiger partial charge in [0, 0.05) is 18.4 Å². The maximum Gasteiger partial charge on any atom is 0.573 e. The quantitative estimate of drug-likeness (QED) is 0.229. The Balaban J connectivity index is 0.000000542. The Bertz CT molecular complexity index is 1550. The number of aromatic nitrogens is 1. The topological polar surface area (TPSA) is 161 Å². The number of aliphatic hydroxyl groups excluding tert-OH is 2. The summed E-state index contributed by atoms with van der Waals surface area (Å²) in [6.07, 6.45) is -12.2. The van der Waals surface area contributed by atoms with Crippen molar-refractivity contribution in [2.24, 2.45) is 0 Å². The van der Waals surface area contributed by atoms with Crippen molar-refractivity contribution >= 4 is 23.5 Å². The number of anilines is 1. The van der Waals surface area contributed by atoms with E-state index in [1.54, 1.807) is 18.0 Å². The van der Waals surface area contributed by atoms with E-state index < -0.39 is 66.0 Å². The standard InChI is InChI=1S/C26H22F7N3O2.C4H6O6/c1-35(12-11-16-5-10-23(34-15-16)25(28,29)30)22-14-21(17-3-2-4-18(27)13-17)36(24(22)37)19-6-8-20(9-7-19)38-26(31,32)33;5-1(3(7)8)2(6)4(9)10/h2-10,13,15,21-22H,11-12,14H2,1H3;1-2,5-6H,(H,7,8)(H,9,10). The molecule has 1 amide bonds. The van der Waals surface area contributed by atoms with Crippen LogP contribution in [-0.4, -0.2) is 86.4 Å². The van der Waals surface area contributed by atoms with Crippen molar-refractivity contribution in [1.29, 1.82) is 0 Å². The van der Waals surface area contributed by atoms with Crippen molar-refractivity contribution in [3.63, 3.8) is 0 Å². The fourth-order valence-electron chi connectivity index (χ4n) is 4.69. The van der Waals surface area contributed by atoms with Gasteiger partial charge in [-0.25, -0.2) is 14.0 Å². The van der Waals surface area contributed by atoms with Gasteiger partial charge >= 0.3 is 24.5 Å². The minimum absolute atomic E-state index is 0.255. The smallest absolute Gasteiger partial charge is 0.479 e. The fraction of sp³-hybridized carbons (Fsp3) is 0.333. The number of likely N-dealkylation sites (N-methyl/N-ethyl adjacent to an activating group) is 1. The summed E-state index contributed by atoms with van der Waals surface area (Å²) in [6.45, 7) is 0.311. The van der Waals surface area contributed by atoms with E-state index in [9.17, 15) is 45.1 Å². The zero-order chi connectivity index (χ0) is 36.0. The van der Waals surface area contributed by atoms with Gasteiger partial charge in [-0.05, 0) is 73.5 Å². The molecule has 4 rings (SSSR count). The lowest BCUT2D eigenvalue weighted by molar-refractivity contribution is -0.274. The predicted octanol–water partition coefficient (Wildman–Crippen LogP) is 4.04. The second-order valence-electron chi connectivity index (χ2n) is 10.4. The van der Waals surface area contributed by atoms with Gasteiger partial charge in [0.25, 0.3) is 0 Å². The third-order valence-corrected chi connectivity index (χ3v) is 7.07. The second kappa shape index (κ2) is 15.4. The average Bonchev–Trinajstić information content (AvgIpc) is 3.35.